The smallest absolute Gasteiger partial charge is 0.239 e. The molecule has 100 valence electrons. The van der Waals surface area contributed by atoms with Crippen LogP contribution in [0.15, 0.2) is 0 Å². The van der Waals surface area contributed by atoms with Gasteiger partial charge in [0.25, 0.3) is 0 Å². The molecule has 0 heterocycles. The summed E-state index contributed by atoms with van der Waals surface area (Å²) in [5.74, 6) is -0.555. The van der Waals surface area contributed by atoms with Crippen molar-refractivity contribution < 1.29 is 9.59 Å². The first-order chi connectivity index (χ1) is 8.11. The number of carbonyl (C=O) groups is 2. The van der Waals surface area contributed by atoms with Crippen molar-refractivity contribution in [1.82, 2.24) is 5.32 Å². The van der Waals surface area contributed by atoms with Gasteiger partial charge in [-0.1, -0.05) is 19.8 Å². The third kappa shape index (κ3) is 8.68. The topological polar surface area (TPSA) is 98.2 Å². The normalized spacial score (nSPS) is 12.1. The average Bonchev–Trinajstić information content (AvgIpc) is 2.28. The van der Waals surface area contributed by atoms with Crippen LogP contribution in [0.1, 0.15) is 51.9 Å². The molecule has 5 nitrogen and oxygen atoms in total. The minimum absolute atomic E-state index is 0.0880. The molecule has 0 radical (unpaired) electrons. The molecule has 5 N–H and O–H groups in total. The first kappa shape index (κ1) is 15.9. The third-order valence-corrected chi connectivity index (χ3v) is 2.63. The molecule has 0 aliphatic heterocycles. The molecule has 0 unspecified atom stereocenters. The zero-order valence-corrected chi connectivity index (χ0v) is 10.7. The fourth-order valence-electron chi connectivity index (χ4n) is 1.58. The quantitative estimate of drug-likeness (QED) is 0.492. The lowest BCUT2D eigenvalue weighted by molar-refractivity contribution is -0.127. The number of nitrogens with one attached hydrogen (secondary N) is 1. The summed E-state index contributed by atoms with van der Waals surface area (Å²) in [6.45, 7) is 2.67. The maximum absolute atomic E-state index is 11.5. The largest absolute Gasteiger partial charge is 0.368 e. The summed E-state index contributed by atoms with van der Waals surface area (Å²) in [6, 6.07) is -0.546. The van der Waals surface area contributed by atoms with Gasteiger partial charge in [0.05, 0.1) is 0 Å². The average molecular weight is 243 g/mol. The number of rotatable bonds is 10. The summed E-state index contributed by atoms with van der Waals surface area (Å²) in [6.07, 6.45) is 5.65. The van der Waals surface area contributed by atoms with Gasteiger partial charge in [0.1, 0.15) is 6.04 Å². The highest BCUT2D eigenvalue weighted by Gasteiger charge is 2.16. The Morgan fingerprint density at radius 2 is 1.88 bits per heavy atom. The summed E-state index contributed by atoms with van der Waals surface area (Å²) in [7, 11) is 0. The SMILES string of the molecule is CCCCCC(=O)N[C@@H](CCCCN)C(N)=O. The second-order valence-electron chi connectivity index (χ2n) is 4.26. The van der Waals surface area contributed by atoms with Crippen molar-refractivity contribution in [3.63, 3.8) is 0 Å². The summed E-state index contributed by atoms with van der Waals surface area (Å²) in [5, 5.41) is 2.68. The van der Waals surface area contributed by atoms with Crippen LogP contribution in [0, 0.1) is 0 Å². The Kier molecular flexibility index (Phi) is 9.43. The minimum Gasteiger partial charge on any atom is -0.368 e. The van der Waals surface area contributed by atoms with E-state index in [1.54, 1.807) is 0 Å². The van der Waals surface area contributed by atoms with Crippen molar-refractivity contribution >= 4 is 11.8 Å². The fraction of sp³-hybridized carbons (Fsp3) is 0.833. The Bertz CT molecular complexity index is 232. The summed E-state index contributed by atoms with van der Waals surface area (Å²) >= 11 is 0. The second-order valence-corrected chi connectivity index (χ2v) is 4.26. The van der Waals surface area contributed by atoms with E-state index in [1.165, 1.54) is 0 Å². The van der Waals surface area contributed by atoms with Gasteiger partial charge in [-0.25, -0.2) is 0 Å². The van der Waals surface area contributed by atoms with Crippen LogP contribution >= 0.6 is 0 Å². The molecule has 0 bridgehead atoms. The van der Waals surface area contributed by atoms with Crippen LogP contribution in [0.4, 0.5) is 0 Å². The standard InChI is InChI=1S/C12H25N3O2/c1-2-3-4-8-11(16)15-10(12(14)17)7-5-6-9-13/h10H,2-9,13H2,1H3,(H2,14,17)(H,15,16)/t10-/m0/s1. The molecule has 2 amide bonds. The van der Waals surface area contributed by atoms with Gasteiger partial charge in [0.2, 0.25) is 11.8 Å². The molecule has 1 atom stereocenters. The predicted octanol–water partition coefficient (Wildman–Crippen LogP) is 0.666. The highest BCUT2D eigenvalue weighted by atomic mass is 16.2. The molecular weight excluding hydrogens is 218 g/mol. The van der Waals surface area contributed by atoms with Gasteiger partial charge in [-0.05, 0) is 32.2 Å². The summed E-state index contributed by atoms with van der Waals surface area (Å²) < 4.78 is 0. The summed E-state index contributed by atoms with van der Waals surface area (Å²) in [4.78, 5) is 22.7. The lowest BCUT2D eigenvalue weighted by Crippen LogP contribution is -2.44. The van der Waals surface area contributed by atoms with E-state index in [4.69, 9.17) is 11.5 Å². The van der Waals surface area contributed by atoms with Crippen molar-refractivity contribution in [2.75, 3.05) is 6.54 Å². The molecule has 17 heavy (non-hydrogen) atoms. The maximum atomic E-state index is 11.5. The van der Waals surface area contributed by atoms with Gasteiger partial charge in [0.15, 0.2) is 0 Å². The molecule has 0 saturated heterocycles. The number of unbranched alkanes of at least 4 members (excludes halogenated alkanes) is 3. The van der Waals surface area contributed by atoms with Gasteiger partial charge in [-0.2, -0.15) is 0 Å². The number of hydrogen-bond donors (Lipinski definition) is 3. The first-order valence-electron chi connectivity index (χ1n) is 6.40. The van der Waals surface area contributed by atoms with E-state index in [0.29, 0.717) is 19.4 Å². The van der Waals surface area contributed by atoms with Crippen LogP contribution in [0.3, 0.4) is 0 Å². The van der Waals surface area contributed by atoms with E-state index in [2.05, 4.69) is 12.2 Å². The number of hydrogen-bond acceptors (Lipinski definition) is 3. The molecule has 0 fully saturated rings. The minimum atomic E-state index is -0.546. The lowest BCUT2D eigenvalue weighted by Gasteiger charge is -2.15. The molecule has 0 spiro atoms. The molecule has 0 rings (SSSR count). The van der Waals surface area contributed by atoms with E-state index in [1.807, 2.05) is 0 Å². The van der Waals surface area contributed by atoms with Gasteiger partial charge < -0.3 is 16.8 Å². The van der Waals surface area contributed by atoms with Crippen LogP contribution in [0.2, 0.25) is 0 Å². The molecule has 0 saturated carbocycles. The van der Waals surface area contributed by atoms with E-state index in [9.17, 15) is 9.59 Å². The molecular formula is C12H25N3O2. The van der Waals surface area contributed by atoms with Gasteiger partial charge in [-0.3, -0.25) is 9.59 Å². The number of primary amides is 1. The van der Waals surface area contributed by atoms with Crippen molar-refractivity contribution in [2.45, 2.75) is 57.9 Å². The van der Waals surface area contributed by atoms with E-state index in [-0.39, 0.29) is 5.91 Å². The predicted molar refractivity (Wildman–Crippen MR) is 68.2 cm³/mol. The van der Waals surface area contributed by atoms with E-state index >= 15 is 0 Å². The van der Waals surface area contributed by atoms with Crippen molar-refractivity contribution in [2.24, 2.45) is 11.5 Å². The first-order valence-corrected chi connectivity index (χ1v) is 6.40. The Labute approximate surface area is 103 Å². The van der Waals surface area contributed by atoms with Crippen LogP contribution in [0.5, 0.6) is 0 Å². The number of nitrogens with two attached hydrogens (primary N) is 2. The Balaban J connectivity index is 3.89. The number of amides is 2. The zero-order valence-electron chi connectivity index (χ0n) is 10.7. The summed E-state index contributed by atoms with van der Waals surface area (Å²) in [5.41, 5.74) is 10.6. The highest BCUT2D eigenvalue weighted by molar-refractivity contribution is 5.86. The molecule has 0 aliphatic carbocycles. The Hall–Kier alpha value is -1.10. The van der Waals surface area contributed by atoms with Crippen LogP contribution in [-0.2, 0) is 9.59 Å². The molecule has 5 heteroatoms. The molecule has 0 aromatic carbocycles. The zero-order chi connectivity index (χ0) is 13.1. The van der Waals surface area contributed by atoms with Gasteiger partial charge in [-0.15, -0.1) is 0 Å². The van der Waals surface area contributed by atoms with Gasteiger partial charge >= 0.3 is 0 Å². The fourth-order valence-corrected chi connectivity index (χ4v) is 1.58. The number of carbonyl (C=O) groups excluding carboxylic acids is 2. The third-order valence-electron chi connectivity index (χ3n) is 2.63. The Morgan fingerprint density at radius 1 is 1.18 bits per heavy atom. The Morgan fingerprint density at radius 3 is 2.41 bits per heavy atom. The van der Waals surface area contributed by atoms with Crippen molar-refractivity contribution in [1.29, 1.82) is 0 Å². The van der Waals surface area contributed by atoms with Gasteiger partial charge in [0, 0.05) is 6.42 Å². The van der Waals surface area contributed by atoms with Crippen LogP contribution in [0.25, 0.3) is 0 Å². The van der Waals surface area contributed by atoms with Crippen LogP contribution < -0.4 is 16.8 Å². The van der Waals surface area contributed by atoms with Crippen molar-refractivity contribution in [3.05, 3.63) is 0 Å². The molecule has 0 aromatic rings. The molecule has 0 aliphatic rings. The van der Waals surface area contributed by atoms with Crippen molar-refractivity contribution in [3.8, 4) is 0 Å². The van der Waals surface area contributed by atoms with Crippen LogP contribution in [-0.4, -0.2) is 24.4 Å². The lowest BCUT2D eigenvalue weighted by atomic mass is 10.1. The maximum Gasteiger partial charge on any atom is 0.239 e. The monoisotopic (exact) mass is 243 g/mol. The molecule has 0 aromatic heterocycles. The second kappa shape index (κ2) is 10.1. The highest BCUT2D eigenvalue weighted by Crippen LogP contribution is 2.03. The van der Waals surface area contributed by atoms with E-state index in [0.717, 1.165) is 32.1 Å². The van der Waals surface area contributed by atoms with E-state index < -0.39 is 11.9 Å².